The Kier molecular flexibility index (Phi) is 9.43. The van der Waals surface area contributed by atoms with Crippen molar-refractivity contribution < 1.29 is 35.1 Å². The number of nitrogens with zero attached hydrogens (tertiary/aromatic N) is 9. The van der Waals surface area contributed by atoms with E-state index >= 15 is 0 Å². The van der Waals surface area contributed by atoms with Crippen LogP contribution in [0.15, 0.2) is 128 Å². The van der Waals surface area contributed by atoms with Gasteiger partial charge in [0.15, 0.2) is 0 Å². The van der Waals surface area contributed by atoms with E-state index < -0.39 is 35.1 Å². The Morgan fingerprint density at radius 1 is 0.509 bits per heavy atom. The molecule has 0 N–H and O–H groups in total. The van der Waals surface area contributed by atoms with Gasteiger partial charge in [0.1, 0.15) is 23.0 Å². The number of alkyl halides is 6. The molecule has 0 saturated carbocycles. The standard InChI is InChI=1S/C40H25F8N9/c41-28-11-7-24(8-12-28)37-38(25-9-13-29(42)14-10-25)50-36-19-32(15-16-35(36)49-37)55(20-30-22-56(53-51-30)33-5-1-3-26(17-33)39(43,44)45)21-31-23-57(54-52-31)34-6-2-4-27(18-34)40(46,47)48/h1-19,22-23H,20-21H2. The summed E-state index contributed by atoms with van der Waals surface area (Å²) in [6, 6.07) is 25.8. The molecule has 8 rings (SSSR count). The third kappa shape index (κ3) is 8.03. The Morgan fingerprint density at radius 2 is 0.965 bits per heavy atom. The number of halogens is 8. The predicted molar refractivity (Wildman–Crippen MR) is 193 cm³/mol. The molecule has 0 fully saturated rings. The van der Waals surface area contributed by atoms with Gasteiger partial charge in [-0.05, 0) is 103 Å². The summed E-state index contributed by atoms with van der Waals surface area (Å²) >= 11 is 0. The van der Waals surface area contributed by atoms with Gasteiger partial charge in [0.2, 0.25) is 0 Å². The highest BCUT2D eigenvalue weighted by Gasteiger charge is 2.31. The fourth-order valence-corrected chi connectivity index (χ4v) is 6.13. The molecule has 0 saturated heterocycles. The van der Waals surface area contributed by atoms with Crippen LogP contribution in [0.2, 0.25) is 0 Å². The first-order valence-electron chi connectivity index (χ1n) is 17.0. The van der Waals surface area contributed by atoms with Gasteiger partial charge in [0.25, 0.3) is 0 Å². The summed E-state index contributed by atoms with van der Waals surface area (Å²) < 4.78 is 111. The molecule has 5 aromatic carbocycles. The molecule has 286 valence electrons. The SMILES string of the molecule is Fc1ccc(-c2nc3ccc(N(Cc4cn(-c5cccc(C(F)(F)F)c5)nn4)Cc4cn(-c5cccc(C(F)(F)F)c5)nn4)cc3nc2-c2ccc(F)cc2)cc1. The second kappa shape index (κ2) is 14.6. The maximum Gasteiger partial charge on any atom is 0.416 e. The molecule has 0 aliphatic heterocycles. The molecule has 0 aliphatic rings. The van der Waals surface area contributed by atoms with Gasteiger partial charge >= 0.3 is 12.4 Å². The first-order valence-corrected chi connectivity index (χ1v) is 17.0. The first kappa shape index (κ1) is 36.9. The van der Waals surface area contributed by atoms with Crippen LogP contribution < -0.4 is 4.90 Å². The van der Waals surface area contributed by atoms with E-state index in [4.69, 9.17) is 9.97 Å². The second-order valence-electron chi connectivity index (χ2n) is 12.9. The Labute approximate surface area is 317 Å². The summed E-state index contributed by atoms with van der Waals surface area (Å²) in [5.74, 6) is -0.894. The van der Waals surface area contributed by atoms with Crippen LogP contribution >= 0.6 is 0 Å². The van der Waals surface area contributed by atoms with E-state index in [9.17, 15) is 35.1 Å². The van der Waals surface area contributed by atoms with E-state index in [1.165, 1.54) is 70.3 Å². The van der Waals surface area contributed by atoms with Gasteiger partial charge in [-0.25, -0.2) is 28.1 Å². The summed E-state index contributed by atoms with van der Waals surface area (Å²) in [6.45, 7) is 0.0690. The number of aromatic nitrogens is 8. The fraction of sp³-hybridized carbons (Fsp3) is 0.100. The van der Waals surface area contributed by atoms with Crippen molar-refractivity contribution in [3.8, 4) is 33.9 Å². The summed E-state index contributed by atoms with van der Waals surface area (Å²) in [5.41, 5.74) is 2.62. The lowest BCUT2D eigenvalue weighted by atomic mass is 10.0. The zero-order chi connectivity index (χ0) is 39.9. The maximum absolute atomic E-state index is 14.0. The van der Waals surface area contributed by atoms with E-state index in [-0.39, 0.29) is 24.5 Å². The van der Waals surface area contributed by atoms with Crippen molar-refractivity contribution in [3.63, 3.8) is 0 Å². The molecule has 9 nitrogen and oxygen atoms in total. The molecule has 0 bridgehead atoms. The van der Waals surface area contributed by atoms with Crippen molar-refractivity contribution in [1.82, 2.24) is 40.0 Å². The average Bonchev–Trinajstić information content (AvgIpc) is 3.87. The van der Waals surface area contributed by atoms with Gasteiger partial charge in [-0.3, -0.25) is 0 Å². The number of fused-ring (bicyclic) bond motifs is 1. The van der Waals surface area contributed by atoms with Gasteiger partial charge in [-0.15, -0.1) is 10.2 Å². The Hall–Kier alpha value is -7.04. The number of hydrogen-bond donors (Lipinski definition) is 0. The average molecular weight is 784 g/mol. The molecule has 57 heavy (non-hydrogen) atoms. The lowest BCUT2D eigenvalue weighted by molar-refractivity contribution is -0.138. The lowest BCUT2D eigenvalue weighted by Gasteiger charge is -2.23. The van der Waals surface area contributed by atoms with E-state index in [1.807, 2.05) is 0 Å². The van der Waals surface area contributed by atoms with E-state index in [2.05, 4.69) is 20.6 Å². The van der Waals surface area contributed by atoms with Crippen molar-refractivity contribution in [1.29, 1.82) is 0 Å². The van der Waals surface area contributed by atoms with Crippen LogP contribution in [0, 0.1) is 11.6 Å². The third-order valence-corrected chi connectivity index (χ3v) is 8.91. The first-order chi connectivity index (χ1) is 27.3. The Balaban J connectivity index is 1.19. The molecule has 0 spiro atoms. The van der Waals surface area contributed by atoms with Gasteiger partial charge in [-0.1, -0.05) is 22.6 Å². The van der Waals surface area contributed by atoms with Crippen molar-refractivity contribution in [3.05, 3.63) is 162 Å². The van der Waals surface area contributed by atoms with Crippen LogP contribution in [0.3, 0.4) is 0 Å². The van der Waals surface area contributed by atoms with Crippen molar-refractivity contribution in [2.75, 3.05) is 4.90 Å². The zero-order valence-corrected chi connectivity index (χ0v) is 29.1. The fourth-order valence-electron chi connectivity index (χ4n) is 6.13. The molecular weight excluding hydrogens is 758 g/mol. The molecule has 0 atom stereocenters. The summed E-state index contributed by atoms with van der Waals surface area (Å²) in [6.07, 6.45) is -6.19. The predicted octanol–water partition coefficient (Wildman–Crippen LogP) is 9.65. The third-order valence-electron chi connectivity index (χ3n) is 8.91. The molecule has 17 heteroatoms. The number of benzene rings is 5. The zero-order valence-electron chi connectivity index (χ0n) is 29.1. The minimum Gasteiger partial charge on any atom is -0.359 e. The smallest absolute Gasteiger partial charge is 0.359 e. The van der Waals surface area contributed by atoms with Gasteiger partial charge in [0.05, 0.1) is 70.4 Å². The summed E-state index contributed by atoms with van der Waals surface area (Å²) in [4.78, 5) is 11.6. The van der Waals surface area contributed by atoms with Crippen molar-refractivity contribution in [2.45, 2.75) is 25.4 Å². The van der Waals surface area contributed by atoms with Crippen LogP contribution in [-0.4, -0.2) is 40.0 Å². The maximum atomic E-state index is 14.0. The molecule has 3 aromatic heterocycles. The van der Waals surface area contributed by atoms with Gasteiger partial charge < -0.3 is 4.90 Å². The minimum absolute atomic E-state index is 0.0345. The number of rotatable bonds is 9. The largest absolute Gasteiger partial charge is 0.416 e. The van der Waals surface area contributed by atoms with E-state index in [0.29, 0.717) is 50.6 Å². The highest BCUT2D eigenvalue weighted by atomic mass is 19.4. The van der Waals surface area contributed by atoms with E-state index in [1.54, 1.807) is 47.4 Å². The molecule has 3 heterocycles. The number of anilines is 1. The van der Waals surface area contributed by atoms with E-state index in [0.717, 1.165) is 24.3 Å². The molecule has 0 unspecified atom stereocenters. The van der Waals surface area contributed by atoms with Crippen molar-refractivity contribution >= 4 is 16.7 Å². The van der Waals surface area contributed by atoms with Crippen LogP contribution in [0.25, 0.3) is 44.9 Å². The number of hydrogen-bond acceptors (Lipinski definition) is 7. The van der Waals surface area contributed by atoms with Crippen LogP contribution in [0.5, 0.6) is 0 Å². The summed E-state index contributed by atoms with van der Waals surface area (Å²) in [5, 5.41) is 16.5. The van der Waals surface area contributed by atoms with Crippen LogP contribution in [0.4, 0.5) is 40.8 Å². The quantitative estimate of drug-likeness (QED) is 0.135. The van der Waals surface area contributed by atoms with Gasteiger partial charge in [0, 0.05) is 16.8 Å². The molecule has 0 amide bonds. The highest BCUT2D eigenvalue weighted by molar-refractivity contribution is 5.88. The lowest BCUT2D eigenvalue weighted by Crippen LogP contribution is -2.22. The Morgan fingerprint density at radius 3 is 1.42 bits per heavy atom. The Bertz CT molecular complexity index is 2610. The van der Waals surface area contributed by atoms with Gasteiger partial charge in [-0.2, -0.15) is 26.3 Å². The van der Waals surface area contributed by atoms with Crippen LogP contribution in [0.1, 0.15) is 22.5 Å². The monoisotopic (exact) mass is 783 g/mol. The van der Waals surface area contributed by atoms with Crippen molar-refractivity contribution in [2.24, 2.45) is 0 Å². The molecule has 0 aliphatic carbocycles. The highest BCUT2D eigenvalue weighted by Crippen LogP contribution is 2.34. The normalized spacial score (nSPS) is 12.0. The molecule has 8 aromatic rings. The topological polar surface area (TPSA) is 90.4 Å². The minimum atomic E-state index is -4.57. The van der Waals surface area contributed by atoms with Crippen LogP contribution in [-0.2, 0) is 25.4 Å². The molecule has 0 radical (unpaired) electrons. The second-order valence-corrected chi connectivity index (χ2v) is 12.9. The summed E-state index contributed by atoms with van der Waals surface area (Å²) in [7, 11) is 0. The molecular formula is C40H25F8N9.